The van der Waals surface area contributed by atoms with Gasteiger partial charge in [0.1, 0.15) is 11.5 Å². The summed E-state index contributed by atoms with van der Waals surface area (Å²) >= 11 is 0. The first-order valence-corrected chi connectivity index (χ1v) is 5.55. The zero-order valence-electron chi connectivity index (χ0n) is 10.2. The minimum atomic E-state index is -0.0222. The summed E-state index contributed by atoms with van der Waals surface area (Å²) in [5, 5.41) is 0. The molecule has 2 N–H and O–H groups in total. The average Bonchev–Trinajstić information content (AvgIpc) is 2.63. The van der Waals surface area contributed by atoms with E-state index in [2.05, 4.69) is 0 Å². The third kappa shape index (κ3) is 3.38. The molecular weight excluding hydrogens is 204 g/mol. The molecule has 1 unspecified atom stereocenters. The molecule has 1 atom stereocenters. The zero-order valence-corrected chi connectivity index (χ0v) is 10.2. The van der Waals surface area contributed by atoms with Gasteiger partial charge < -0.3 is 15.1 Å². The molecule has 0 radical (unpaired) electrons. The Kier molecular flexibility index (Phi) is 4.55. The Morgan fingerprint density at radius 2 is 2.25 bits per heavy atom. The Morgan fingerprint density at radius 1 is 1.56 bits per heavy atom. The van der Waals surface area contributed by atoms with Gasteiger partial charge in [0.2, 0.25) is 5.91 Å². The molecule has 1 amide bonds. The van der Waals surface area contributed by atoms with Crippen LogP contribution < -0.4 is 5.73 Å². The second-order valence-electron chi connectivity index (χ2n) is 4.19. The van der Waals surface area contributed by atoms with Gasteiger partial charge >= 0.3 is 0 Å². The molecule has 0 aliphatic heterocycles. The van der Waals surface area contributed by atoms with Gasteiger partial charge in [-0.25, -0.2) is 0 Å². The highest BCUT2D eigenvalue weighted by Gasteiger charge is 2.17. The molecule has 4 nitrogen and oxygen atoms in total. The molecule has 1 heterocycles. The standard InChI is InChI=1S/C12H20N2O2/c1-9(6-7-13)12(15)14(3)8-11-5-4-10(2)16-11/h4-5,9H,6-8,13H2,1-3H3. The molecule has 0 saturated heterocycles. The fourth-order valence-electron chi connectivity index (χ4n) is 1.63. The molecule has 0 aliphatic carbocycles. The van der Waals surface area contributed by atoms with Gasteiger partial charge in [-0.15, -0.1) is 0 Å². The van der Waals surface area contributed by atoms with Crippen molar-refractivity contribution in [3.8, 4) is 0 Å². The maximum absolute atomic E-state index is 11.9. The van der Waals surface area contributed by atoms with Gasteiger partial charge in [-0.1, -0.05) is 6.92 Å². The van der Waals surface area contributed by atoms with Crippen molar-refractivity contribution in [1.29, 1.82) is 0 Å². The second-order valence-corrected chi connectivity index (χ2v) is 4.19. The molecule has 4 heteroatoms. The number of furan rings is 1. The van der Waals surface area contributed by atoms with Crippen LogP contribution in [0.2, 0.25) is 0 Å². The number of hydrogen-bond acceptors (Lipinski definition) is 3. The summed E-state index contributed by atoms with van der Waals surface area (Å²) in [7, 11) is 1.78. The third-order valence-corrected chi connectivity index (χ3v) is 2.59. The van der Waals surface area contributed by atoms with E-state index in [1.54, 1.807) is 11.9 Å². The van der Waals surface area contributed by atoms with Crippen LogP contribution in [-0.4, -0.2) is 24.4 Å². The van der Waals surface area contributed by atoms with Crippen LogP contribution in [0.3, 0.4) is 0 Å². The Bertz CT molecular complexity index is 347. The molecule has 0 aliphatic rings. The number of hydrogen-bond donors (Lipinski definition) is 1. The lowest BCUT2D eigenvalue weighted by atomic mass is 10.1. The van der Waals surface area contributed by atoms with Crippen molar-refractivity contribution in [3.63, 3.8) is 0 Å². The van der Waals surface area contributed by atoms with Gasteiger partial charge in [0.05, 0.1) is 6.54 Å². The van der Waals surface area contributed by atoms with Gasteiger partial charge in [0, 0.05) is 13.0 Å². The van der Waals surface area contributed by atoms with E-state index >= 15 is 0 Å². The minimum Gasteiger partial charge on any atom is -0.464 e. The maximum Gasteiger partial charge on any atom is 0.225 e. The first kappa shape index (κ1) is 12.8. The highest BCUT2D eigenvalue weighted by molar-refractivity contribution is 5.78. The number of carbonyl (C=O) groups is 1. The average molecular weight is 224 g/mol. The normalized spacial score (nSPS) is 12.5. The molecular formula is C12H20N2O2. The van der Waals surface area contributed by atoms with E-state index in [0.717, 1.165) is 17.9 Å². The van der Waals surface area contributed by atoms with E-state index < -0.39 is 0 Å². The molecule has 0 bridgehead atoms. The van der Waals surface area contributed by atoms with Crippen LogP contribution in [0.15, 0.2) is 16.5 Å². The van der Waals surface area contributed by atoms with E-state index in [4.69, 9.17) is 10.2 Å². The summed E-state index contributed by atoms with van der Waals surface area (Å²) in [6, 6.07) is 3.80. The number of nitrogens with two attached hydrogens (primary N) is 1. The topological polar surface area (TPSA) is 59.5 Å². The van der Waals surface area contributed by atoms with Crippen molar-refractivity contribution in [2.45, 2.75) is 26.8 Å². The van der Waals surface area contributed by atoms with Crippen LogP contribution in [0.5, 0.6) is 0 Å². The van der Waals surface area contributed by atoms with E-state index in [9.17, 15) is 4.79 Å². The number of rotatable bonds is 5. The van der Waals surface area contributed by atoms with Crippen LogP contribution in [0.25, 0.3) is 0 Å². The molecule has 0 saturated carbocycles. The molecule has 0 aromatic carbocycles. The van der Waals surface area contributed by atoms with E-state index in [1.807, 2.05) is 26.0 Å². The Balaban J connectivity index is 2.51. The van der Waals surface area contributed by atoms with Crippen LogP contribution >= 0.6 is 0 Å². The van der Waals surface area contributed by atoms with Gasteiger partial charge in [0.15, 0.2) is 0 Å². The molecule has 16 heavy (non-hydrogen) atoms. The zero-order chi connectivity index (χ0) is 12.1. The largest absolute Gasteiger partial charge is 0.464 e. The molecule has 1 aromatic heterocycles. The molecule has 1 aromatic rings. The van der Waals surface area contributed by atoms with Crippen LogP contribution in [0, 0.1) is 12.8 Å². The van der Waals surface area contributed by atoms with Crippen molar-refractivity contribution in [1.82, 2.24) is 4.90 Å². The number of carbonyl (C=O) groups excluding carboxylic acids is 1. The minimum absolute atomic E-state index is 0.0222. The van der Waals surface area contributed by atoms with Crippen molar-refractivity contribution < 1.29 is 9.21 Å². The summed E-state index contributed by atoms with van der Waals surface area (Å²) < 4.78 is 5.43. The first-order chi connectivity index (χ1) is 7.54. The Morgan fingerprint density at radius 3 is 2.75 bits per heavy atom. The van der Waals surface area contributed by atoms with E-state index in [-0.39, 0.29) is 11.8 Å². The second kappa shape index (κ2) is 5.70. The van der Waals surface area contributed by atoms with Crippen molar-refractivity contribution in [2.24, 2.45) is 11.7 Å². The third-order valence-electron chi connectivity index (χ3n) is 2.59. The molecule has 1 rings (SSSR count). The highest BCUT2D eigenvalue weighted by atomic mass is 16.3. The van der Waals surface area contributed by atoms with Crippen LogP contribution in [0.4, 0.5) is 0 Å². The van der Waals surface area contributed by atoms with Gasteiger partial charge in [-0.05, 0) is 32.0 Å². The fourth-order valence-corrected chi connectivity index (χ4v) is 1.63. The predicted molar refractivity (Wildman–Crippen MR) is 62.8 cm³/mol. The van der Waals surface area contributed by atoms with E-state index in [0.29, 0.717) is 13.1 Å². The van der Waals surface area contributed by atoms with Gasteiger partial charge in [-0.3, -0.25) is 4.79 Å². The maximum atomic E-state index is 11.9. The quantitative estimate of drug-likeness (QED) is 0.825. The lowest BCUT2D eigenvalue weighted by molar-refractivity contribution is -0.134. The van der Waals surface area contributed by atoms with Crippen LogP contribution in [-0.2, 0) is 11.3 Å². The van der Waals surface area contributed by atoms with E-state index in [1.165, 1.54) is 0 Å². The summed E-state index contributed by atoms with van der Waals surface area (Å²) in [6.45, 7) is 4.85. The Labute approximate surface area is 96.4 Å². The summed E-state index contributed by atoms with van der Waals surface area (Å²) in [4.78, 5) is 13.6. The smallest absolute Gasteiger partial charge is 0.225 e. The molecule has 0 spiro atoms. The van der Waals surface area contributed by atoms with Crippen molar-refractivity contribution in [3.05, 3.63) is 23.7 Å². The molecule has 0 fully saturated rings. The first-order valence-electron chi connectivity index (χ1n) is 5.55. The monoisotopic (exact) mass is 224 g/mol. The fraction of sp³-hybridized carbons (Fsp3) is 0.583. The van der Waals surface area contributed by atoms with Gasteiger partial charge in [0.25, 0.3) is 0 Å². The number of amides is 1. The van der Waals surface area contributed by atoms with Crippen molar-refractivity contribution in [2.75, 3.05) is 13.6 Å². The SMILES string of the molecule is Cc1ccc(CN(C)C(=O)C(C)CCN)o1. The lowest BCUT2D eigenvalue weighted by Crippen LogP contribution is -2.32. The van der Waals surface area contributed by atoms with Crippen molar-refractivity contribution >= 4 is 5.91 Å². The highest BCUT2D eigenvalue weighted by Crippen LogP contribution is 2.11. The summed E-state index contributed by atoms with van der Waals surface area (Å²) in [6.07, 6.45) is 0.723. The Hall–Kier alpha value is -1.29. The summed E-state index contributed by atoms with van der Waals surface area (Å²) in [5.74, 6) is 1.77. The summed E-state index contributed by atoms with van der Waals surface area (Å²) in [5.41, 5.74) is 5.43. The lowest BCUT2D eigenvalue weighted by Gasteiger charge is -2.19. The number of aryl methyl sites for hydroxylation is 1. The molecule has 90 valence electrons. The van der Waals surface area contributed by atoms with Crippen LogP contribution in [0.1, 0.15) is 24.9 Å². The number of nitrogens with zero attached hydrogens (tertiary/aromatic N) is 1. The predicted octanol–water partition coefficient (Wildman–Crippen LogP) is 1.53. The van der Waals surface area contributed by atoms with Gasteiger partial charge in [-0.2, -0.15) is 0 Å².